The van der Waals surface area contributed by atoms with Crippen LogP contribution in [0.2, 0.25) is 0 Å². The number of ketones is 1. The van der Waals surface area contributed by atoms with Crippen LogP contribution in [0.3, 0.4) is 0 Å². The number of halogens is 1. The number of nitrogens with zero attached hydrogens (tertiary/aromatic N) is 1. The fourth-order valence-electron chi connectivity index (χ4n) is 3.64. The number of Topliss-reactive ketones (excluding diaryl/α,β-unsaturated/α-hetero) is 1. The van der Waals surface area contributed by atoms with Gasteiger partial charge in [-0.25, -0.2) is 4.98 Å². The Labute approximate surface area is 160 Å². The number of pyridine rings is 1. The van der Waals surface area contributed by atoms with Crippen molar-refractivity contribution in [2.24, 2.45) is 5.92 Å². The topological polar surface area (TPSA) is 42.0 Å². The molecule has 0 spiro atoms. The molecule has 4 heteroatoms. The molecular weight excluding hydrogens is 344 g/mol. The number of aromatic nitrogens is 1. The second kappa shape index (κ2) is 8.43. The summed E-state index contributed by atoms with van der Waals surface area (Å²) in [5.74, 6) is 0.575. The average Bonchev–Trinajstić information content (AvgIpc) is 2.68. The van der Waals surface area contributed by atoms with E-state index >= 15 is 0 Å². The molecule has 4 rings (SSSR count). The number of rotatable bonds is 4. The van der Waals surface area contributed by atoms with E-state index in [0.717, 1.165) is 48.0 Å². The van der Waals surface area contributed by atoms with E-state index in [0.29, 0.717) is 18.0 Å². The van der Waals surface area contributed by atoms with Crippen molar-refractivity contribution in [2.45, 2.75) is 19.3 Å². The molecule has 1 aromatic heterocycles. The molecule has 0 saturated carbocycles. The van der Waals surface area contributed by atoms with Crippen molar-refractivity contribution >= 4 is 29.1 Å². The highest BCUT2D eigenvalue weighted by molar-refractivity contribution is 6.02. The summed E-state index contributed by atoms with van der Waals surface area (Å²) in [4.78, 5) is 17.5. The summed E-state index contributed by atoms with van der Waals surface area (Å²) in [6.45, 7) is 2.00. The quantitative estimate of drug-likeness (QED) is 0.668. The predicted octanol–water partition coefficient (Wildman–Crippen LogP) is 4.90. The van der Waals surface area contributed by atoms with E-state index in [1.54, 1.807) is 0 Å². The molecule has 1 N–H and O–H groups in total. The Kier molecular flexibility index (Phi) is 6.02. The van der Waals surface area contributed by atoms with Gasteiger partial charge in [-0.15, -0.1) is 12.4 Å². The van der Waals surface area contributed by atoms with Crippen molar-refractivity contribution in [2.75, 3.05) is 13.1 Å². The molecular formula is C22H23ClN2O. The zero-order valence-corrected chi connectivity index (χ0v) is 15.5. The number of hydrogen-bond donors (Lipinski definition) is 1. The van der Waals surface area contributed by atoms with Gasteiger partial charge in [-0.3, -0.25) is 4.79 Å². The molecule has 2 aromatic carbocycles. The van der Waals surface area contributed by atoms with E-state index in [-0.39, 0.29) is 18.2 Å². The Balaban J connectivity index is 0.00000196. The van der Waals surface area contributed by atoms with E-state index < -0.39 is 0 Å². The fourth-order valence-corrected chi connectivity index (χ4v) is 3.64. The van der Waals surface area contributed by atoms with Crippen LogP contribution < -0.4 is 5.32 Å². The third-order valence-corrected chi connectivity index (χ3v) is 4.96. The van der Waals surface area contributed by atoms with Crippen molar-refractivity contribution in [3.05, 3.63) is 66.4 Å². The smallest absolute Gasteiger partial charge is 0.181 e. The predicted molar refractivity (Wildman–Crippen MR) is 109 cm³/mol. The molecule has 0 bridgehead atoms. The zero-order chi connectivity index (χ0) is 17.1. The third-order valence-electron chi connectivity index (χ3n) is 4.96. The molecule has 1 aliphatic rings. The molecule has 1 saturated heterocycles. The van der Waals surface area contributed by atoms with Crippen molar-refractivity contribution in [1.29, 1.82) is 0 Å². The number of nitrogens with one attached hydrogen (secondary N) is 1. The lowest BCUT2D eigenvalue weighted by atomic mass is 9.92. The molecule has 2 heterocycles. The van der Waals surface area contributed by atoms with Gasteiger partial charge < -0.3 is 5.32 Å². The van der Waals surface area contributed by atoms with Gasteiger partial charge in [-0.1, -0.05) is 48.5 Å². The maximum Gasteiger partial charge on any atom is 0.181 e. The Bertz CT molecular complexity index is 889. The Hall–Kier alpha value is -2.23. The van der Waals surface area contributed by atoms with Crippen LogP contribution in [0.25, 0.3) is 22.0 Å². The lowest BCUT2D eigenvalue weighted by Gasteiger charge is -2.22. The first-order valence-corrected chi connectivity index (χ1v) is 9.00. The van der Waals surface area contributed by atoms with Crippen molar-refractivity contribution in [3.63, 3.8) is 0 Å². The number of carbonyl (C=O) groups is 1. The van der Waals surface area contributed by atoms with Gasteiger partial charge >= 0.3 is 0 Å². The Morgan fingerprint density at radius 1 is 1.08 bits per heavy atom. The monoisotopic (exact) mass is 366 g/mol. The van der Waals surface area contributed by atoms with E-state index in [1.807, 2.05) is 42.5 Å². The summed E-state index contributed by atoms with van der Waals surface area (Å²) in [5.41, 5.74) is 3.67. The molecule has 26 heavy (non-hydrogen) atoms. The molecule has 1 unspecified atom stereocenters. The number of para-hydroxylation sites is 1. The summed E-state index contributed by atoms with van der Waals surface area (Å²) >= 11 is 0. The highest BCUT2D eigenvalue weighted by atomic mass is 35.5. The Morgan fingerprint density at radius 3 is 2.62 bits per heavy atom. The first-order valence-electron chi connectivity index (χ1n) is 9.00. The number of piperidine rings is 1. The summed E-state index contributed by atoms with van der Waals surface area (Å²) in [5, 5.41) is 4.47. The fraction of sp³-hybridized carbons (Fsp3) is 0.273. The third kappa shape index (κ3) is 3.95. The summed E-state index contributed by atoms with van der Waals surface area (Å²) in [6, 6.07) is 20.3. The molecule has 0 aliphatic carbocycles. The van der Waals surface area contributed by atoms with Gasteiger partial charge in [0, 0.05) is 11.8 Å². The van der Waals surface area contributed by atoms with E-state index in [9.17, 15) is 4.79 Å². The lowest BCUT2D eigenvalue weighted by molar-refractivity contribution is 0.0949. The minimum absolute atomic E-state index is 0. The molecule has 0 radical (unpaired) electrons. The van der Waals surface area contributed by atoms with Gasteiger partial charge in [0.05, 0.1) is 5.52 Å². The molecule has 1 atom stereocenters. The van der Waals surface area contributed by atoms with Gasteiger partial charge in [0.1, 0.15) is 5.69 Å². The zero-order valence-electron chi connectivity index (χ0n) is 14.7. The average molecular weight is 367 g/mol. The second-order valence-corrected chi connectivity index (χ2v) is 6.78. The van der Waals surface area contributed by atoms with Crippen molar-refractivity contribution in [3.8, 4) is 11.1 Å². The highest BCUT2D eigenvalue weighted by Gasteiger charge is 2.20. The van der Waals surface area contributed by atoms with Crippen LogP contribution in [-0.4, -0.2) is 23.9 Å². The van der Waals surface area contributed by atoms with Crippen LogP contribution in [0.5, 0.6) is 0 Å². The minimum atomic E-state index is 0. The molecule has 1 aliphatic heterocycles. The molecule has 134 valence electrons. The maximum atomic E-state index is 12.8. The van der Waals surface area contributed by atoms with Crippen LogP contribution in [0.1, 0.15) is 29.8 Å². The molecule has 1 fully saturated rings. The second-order valence-electron chi connectivity index (χ2n) is 6.78. The van der Waals surface area contributed by atoms with Crippen LogP contribution >= 0.6 is 12.4 Å². The van der Waals surface area contributed by atoms with Crippen LogP contribution in [-0.2, 0) is 0 Å². The maximum absolute atomic E-state index is 12.8. The van der Waals surface area contributed by atoms with Crippen LogP contribution in [0.15, 0.2) is 60.7 Å². The summed E-state index contributed by atoms with van der Waals surface area (Å²) in [6.07, 6.45) is 2.85. The van der Waals surface area contributed by atoms with Crippen LogP contribution in [0.4, 0.5) is 0 Å². The van der Waals surface area contributed by atoms with Gasteiger partial charge in [0.15, 0.2) is 5.78 Å². The largest absolute Gasteiger partial charge is 0.316 e. The van der Waals surface area contributed by atoms with Gasteiger partial charge in [-0.2, -0.15) is 0 Å². The molecule has 3 nitrogen and oxygen atoms in total. The summed E-state index contributed by atoms with van der Waals surface area (Å²) < 4.78 is 0. The SMILES string of the molecule is Cl.O=C(CC1CCCNC1)c1cc(-c2ccccc2)c2ccccc2n1. The number of hydrogen-bond acceptors (Lipinski definition) is 3. The van der Waals surface area contributed by atoms with Crippen molar-refractivity contribution in [1.82, 2.24) is 10.3 Å². The van der Waals surface area contributed by atoms with Gasteiger partial charge in [-0.05, 0) is 55.1 Å². The molecule has 3 aromatic rings. The minimum Gasteiger partial charge on any atom is -0.316 e. The van der Waals surface area contributed by atoms with Gasteiger partial charge in [0.2, 0.25) is 0 Å². The number of benzene rings is 2. The van der Waals surface area contributed by atoms with E-state index in [2.05, 4.69) is 28.5 Å². The first-order chi connectivity index (χ1) is 12.3. The van der Waals surface area contributed by atoms with Crippen LogP contribution in [0, 0.1) is 5.92 Å². The van der Waals surface area contributed by atoms with Gasteiger partial charge in [0.25, 0.3) is 0 Å². The first kappa shape index (κ1) is 18.6. The molecule has 0 amide bonds. The van der Waals surface area contributed by atoms with E-state index in [1.165, 1.54) is 0 Å². The Morgan fingerprint density at radius 2 is 1.85 bits per heavy atom. The normalized spacial score (nSPS) is 16.8. The highest BCUT2D eigenvalue weighted by Crippen LogP contribution is 2.29. The standard InChI is InChI=1S/C22H22N2O.ClH/c25-22(13-16-7-6-12-23-15-16)21-14-19(17-8-2-1-3-9-17)18-10-4-5-11-20(18)24-21;/h1-5,8-11,14,16,23H,6-7,12-13,15H2;1H. The van der Waals surface area contributed by atoms with E-state index in [4.69, 9.17) is 0 Å². The van der Waals surface area contributed by atoms with Crippen molar-refractivity contribution < 1.29 is 4.79 Å². The summed E-state index contributed by atoms with van der Waals surface area (Å²) in [7, 11) is 0. The lowest BCUT2D eigenvalue weighted by Crippen LogP contribution is -2.31. The number of carbonyl (C=O) groups excluding carboxylic acids is 1. The number of fused-ring (bicyclic) bond motifs is 1.